The number of hydrogen-bond donors (Lipinski definition) is 2. The highest BCUT2D eigenvalue weighted by atomic mass is 32.2. The highest BCUT2D eigenvalue weighted by Gasteiger charge is 2.24. The number of rotatable bonds is 10. The third kappa shape index (κ3) is 6.45. The number of carbonyl (C=O) groups excluding carboxylic acids is 2. The first-order valence-corrected chi connectivity index (χ1v) is 14.3. The Morgan fingerprint density at radius 2 is 1.54 bits per heavy atom. The lowest BCUT2D eigenvalue weighted by atomic mass is 10.1. The van der Waals surface area contributed by atoms with Crippen molar-refractivity contribution in [2.45, 2.75) is 10.1 Å². The van der Waals surface area contributed by atoms with Gasteiger partial charge >= 0.3 is 0 Å². The lowest BCUT2D eigenvalue weighted by molar-refractivity contribution is -0.115. The molecular formula is C31H27N3O5S2. The number of nitrogens with zero attached hydrogens (tertiary/aromatic N) is 1. The van der Waals surface area contributed by atoms with Crippen molar-refractivity contribution in [3.05, 3.63) is 102 Å². The van der Waals surface area contributed by atoms with Crippen LogP contribution in [0, 0.1) is 0 Å². The van der Waals surface area contributed by atoms with E-state index in [1.54, 1.807) is 31.4 Å². The molecule has 0 aliphatic heterocycles. The van der Waals surface area contributed by atoms with Gasteiger partial charge < -0.3 is 24.8 Å². The van der Waals surface area contributed by atoms with Crippen LogP contribution in [0.5, 0.6) is 17.2 Å². The number of amides is 2. The minimum absolute atomic E-state index is 0.208. The van der Waals surface area contributed by atoms with Crippen molar-refractivity contribution in [3.8, 4) is 17.2 Å². The molecule has 208 valence electrons. The smallest absolute Gasteiger partial charge is 0.263 e. The zero-order valence-electron chi connectivity index (χ0n) is 22.5. The van der Waals surface area contributed by atoms with Gasteiger partial charge in [0.25, 0.3) is 5.91 Å². The van der Waals surface area contributed by atoms with Gasteiger partial charge in [-0.1, -0.05) is 53.8 Å². The standard InChI is InChI=1S/C31H27N3O5S2/c1-37-21-15-16-23-26(18-21)41-31(33-23)34-30(36)28(19-9-5-4-6-10-19)40-22-12-7-11-20(17-22)32-29(35)27-24(38-2)13-8-14-25(27)39-3/h4-18,28H,1-3H3,(H,32,35)(H,33,34,36). The van der Waals surface area contributed by atoms with E-state index in [1.165, 1.54) is 37.3 Å². The minimum atomic E-state index is -0.571. The molecular weight excluding hydrogens is 558 g/mol. The number of thiazole rings is 1. The van der Waals surface area contributed by atoms with Crippen LogP contribution in [-0.2, 0) is 4.79 Å². The minimum Gasteiger partial charge on any atom is -0.497 e. The van der Waals surface area contributed by atoms with Gasteiger partial charge in [0.2, 0.25) is 5.91 Å². The predicted molar refractivity (Wildman–Crippen MR) is 164 cm³/mol. The Bertz CT molecular complexity index is 1670. The highest BCUT2D eigenvalue weighted by Crippen LogP contribution is 2.38. The largest absolute Gasteiger partial charge is 0.497 e. The maximum Gasteiger partial charge on any atom is 0.263 e. The van der Waals surface area contributed by atoms with Crippen LogP contribution in [0.4, 0.5) is 10.8 Å². The van der Waals surface area contributed by atoms with E-state index in [9.17, 15) is 9.59 Å². The molecule has 1 aromatic heterocycles. The second-order valence-electron chi connectivity index (χ2n) is 8.77. The summed E-state index contributed by atoms with van der Waals surface area (Å²) in [5, 5.41) is 5.85. The molecule has 0 saturated carbocycles. The Balaban J connectivity index is 1.38. The van der Waals surface area contributed by atoms with Crippen molar-refractivity contribution < 1.29 is 23.8 Å². The Morgan fingerprint density at radius 1 is 0.805 bits per heavy atom. The van der Waals surface area contributed by atoms with E-state index in [4.69, 9.17) is 14.2 Å². The fourth-order valence-electron chi connectivity index (χ4n) is 4.21. The molecule has 0 fully saturated rings. The molecule has 5 aromatic rings. The first kappa shape index (κ1) is 28.0. The number of fused-ring (bicyclic) bond motifs is 1. The molecule has 5 rings (SSSR count). The molecule has 0 aliphatic rings. The number of nitrogens with one attached hydrogen (secondary N) is 2. The van der Waals surface area contributed by atoms with Gasteiger partial charge in [0.05, 0.1) is 31.5 Å². The molecule has 1 heterocycles. The topological polar surface area (TPSA) is 98.8 Å². The second kappa shape index (κ2) is 12.8. The third-order valence-corrected chi connectivity index (χ3v) is 8.35. The molecule has 0 spiro atoms. The molecule has 0 radical (unpaired) electrons. The van der Waals surface area contributed by atoms with Crippen LogP contribution in [-0.4, -0.2) is 38.1 Å². The number of anilines is 2. The van der Waals surface area contributed by atoms with Crippen molar-refractivity contribution in [2.24, 2.45) is 0 Å². The molecule has 1 atom stereocenters. The van der Waals surface area contributed by atoms with Crippen LogP contribution in [0.2, 0.25) is 0 Å². The Labute approximate surface area is 245 Å². The average molecular weight is 586 g/mol. The summed E-state index contributed by atoms with van der Waals surface area (Å²) in [7, 11) is 4.62. The van der Waals surface area contributed by atoms with Gasteiger partial charge in [-0.05, 0) is 54.1 Å². The van der Waals surface area contributed by atoms with Crippen LogP contribution in [0.15, 0.2) is 95.9 Å². The molecule has 10 heteroatoms. The number of aromatic nitrogens is 1. The summed E-state index contributed by atoms with van der Waals surface area (Å²) in [4.78, 5) is 32.2. The van der Waals surface area contributed by atoms with Crippen molar-refractivity contribution in [1.82, 2.24) is 4.98 Å². The lowest BCUT2D eigenvalue weighted by Gasteiger charge is -2.17. The number of methoxy groups -OCH3 is 3. The first-order valence-electron chi connectivity index (χ1n) is 12.6. The van der Waals surface area contributed by atoms with Crippen molar-refractivity contribution in [3.63, 3.8) is 0 Å². The van der Waals surface area contributed by atoms with Crippen molar-refractivity contribution in [2.75, 3.05) is 32.0 Å². The molecule has 2 N–H and O–H groups in total. The summed E-state index contributed by atoms with van der Waals surface area (Å²) < 4.78 is 17.0. The maximum atomic E-state index is 13.6. The van der Waals surface area contributed by atoms with E-state index in [0.29, 0.717) is 27.9 Å². The fraction of sp³-hybridized carbons (Fsp3) is 0.129. The zero-order valence-corrected chi connectivity index (χ0v) is 24.2. The quantitative estimate of drug-likeness (QED) is 0.170. The molecule has 41 heavy (non-hydrogen) atoms. The van der Waals surface area contributed by atoms with Gasteiger partial charge in [-0.2, -0.15) is 0 Å². The predicted octanol–water partition coefficient (Wildman–Crippen LogP) is 7.05. The molecule has 0 aliphatic carbocycles. The summed E-state index contributed by atoms with van der Waals surface area (Å²) in [6, 6.07) is 27.7. The molecule has 0 saturated heterocycles. The van der Waals surface area contributed by atoms with Gasteiger partial charge in [-0.15, -0.1) is 11.8 Å². The van der Waals surface area contributed by atoms with Crippen LogP contribution in [0.1, 0.15) is 21.2 Å². The van der Waals surface area contributed by atoms with Gasteiger partial charge in [-0.3, -0.25) is 9.59 Å². The maximum absolute atomic E-state index is 13.6. The number of hydrogen-bond acceptors (Lipinski definition) is 8. The lowest BCUT2D eigenvalue weighted by Crippen LogP contribution is -2.19. The van der Waals surface area contributed by atoms with E-state index >= 15 is 0 Å². The molecule has 8 nitrogen and oxygen atoms in total. The average Bonchev–Trinajstić information content (AvgIpc) is 3.41. The Morgan fingerprint density at radius 3 is 2.24 bits per heavy atom. The molecule has 4 aromatic carbocycles. The number of carbonyl (C=O) groups is 2. The Kier molecular flexibility index (Phi) is 8.71. The molecule has 2 amide bonds. The van der Waals surface area contributed by atoms with Crippen LogP contribution >= 0.6 is 23.1 Å². The summed E-state index contributed by atoms with van der Waals surface area (Å²) in [5.74, 6) is 0.961. The van der Waals surface area contributed by atoms with Crippen LogP contribution in [0.3, 0.4) is 0 Å². The third-order valence-electron chi connectivity index (χ3n) is 6.17. The van der Waals surface area contributed by atoms with E-state index in [0.717, 1.165) is 26.4 Å². The van der Waals surface area contributed by atoms with E-state index in [1.807, 2.05) is 66.7 Å². The fourth-order valence-corrected chi connectivity index (χ4v) is 6.19. The second-order valence-corrected chi connectivity index (χ2v) is 11.0. The normalized spacial score (nSPS) is 11.5. The number of thioether (sulfide) groups is 1. The molecule has 1 unspecified atom stereocenters. The summed E-state index contributed by atoms with van der Waals surface area (Å²) in [6.45, 7) is 0. The SMILES string of the molecule is COc1ccc2nc(NC(=O)C(Sc3cccc(NC(=O)c4c(OC)cccc4OC)c3)c3ccccc3)sc2c1. The highest BCUT2D eigenvalue weighted by molar-refractivity contribution is 8.00. The van der Waals surface area contributed by atoms with E-state index in [-0.39, 0.29) is 11.8 Å². The van der Waals surface area contributed by atoms with Gasteiger partial charge in [0.1, 0.15) is 28.1 Å². The van der Waals surface area contributed by atoms with Crippen LogP contribution in [0.25, 0.3) is 10.2 Å². The zero-order chi connectivity index (χ0) is 28.8. The number of benzene rings is 4. The summed E-state index contributed by atoms with van der Waals surface area (Å²) in [5.41, 5.74) is 2.49. The molecule has 0 bridgehead atoms. The van der Waals surface area contributed by atoms with Gasteiger partial charge in [0.15, 0.2) is 5.13 Å². The van der Waals surface area contributed by atoms with E-state index in [2.05, 4.69) is 15.6 Å². The first-order chi connectivity index (χ1) is 20.0. The monoisotopic (exact) mass is 585 g/mol. The summed E-state index contributed by atoms with van der Waals surface area (Å²) >= 11 is 2.77. The van der Waals surface area contributed by atoms with Crippen molar-refractivity contribution >= 4 is 55.9 Å². The van der Waals surface area contributed by atoms with Crippen molar-refractivity contribution in [1.29, 1.82) is 0 Å². The Hall–Kier alpha value is -4.54. The van der Waals surface area contributed by atoms with E-state index < -0.39 is 5.25 Å². The summed E-state index contributed by atoms with van der Waals surface area (Å²) in [6.07, 6.45) is 0. The van der Waals surface area contributed by atoms with Gasteiger partial charge in [0, 0.05) is 10.6 Å². The van der Waals surface area contributed by atoms with Gasteiger partial charge in [-0.25, -0.2) is 4.98 Å². The van der Waals surface area contributed by atoms with Crippen LogP contribution < -0.4 is 24.8 Å². The number of ether oxygens (including phenoxy) is 3.